The Morgan fingerprint density at radius 2 is 2.20 bits per heavy atom. The molecule has 2 heterocycles. The van der Waals surface area contributed by atoms with E-state index in [0.29, 0.717) is 11.7 Å². The van der Waals surface area contributed by atoms with Gasteiger partial charge in [-0.15, -0.1) is 0 Å². The number of aromatic nitrogens is 2. The first-order valence-corrected chi connectivity index (χ1v) is 7.08. The number of nitrogens with zero attached hydrogens (tertiary/aromatic N) is 3. The lowest BCUT2D eigenvalue weighted by Gasteiger charge is -2.29. The van der Waals surface area contributed by atoms with Crippen LogP contribution in [0.3, 0.4) is 0 Å². The Morgan fingerprint density at radius 1 is 1.35 bits per heavy atom. The molecule has 0 radical (unpaired) electrons. The Hall–Kier alpha value is -1.65. The number of aryl methyl sites for hydroxylation is 1. The summed E-state index contributed by atoms with van der Waals surface area (Å²) in [5.74, 6) is 0.771. The molecule has 0 spiro atoms. The zero-order valence-corrected chi connectivity index (χ0v) is 12.2. The lowest BCUT2D eigenvalue weighted by atomic mass is 9.98. The zero-order valence-electron chi connectivity index (χ0n) is 11.4. The molecule has 0 amide bonds. The predicted molar refractivity (Wildman–Crippen MR) is 80.5 cm³/mol. The first-order chi connectivity index (χ1) is 9.61. The van der Waals surface area contributed by atoms with Crippen LogP contribution in [-0.4, -0.2) is 21.4 Å². The molecule has 3 rings (SSSR count). The minimum absolute atomic E-state index is 0.504. The molecular weight excluding hydrogens is 272 g/mol. The second-order valence-corrected chi connectivity index (χ2v) is 5.58. The Morgan fingerprint density at radius 3 is 3.00 bits per heavy atom. The smallest absolute Gasteiger partial charge is 0.144 e. The van der Waals surface area contributed by atoms with E-state index in [1.165, 1.54) is 11.1 Å². The highest BCUT2D eigenvalue weighted by atomic mass is 35.5. The SMILES string of the molecule is Cc1cc(Cl)nc(CN2CCc3cccc(N)c3C2)n1. The molecule has 0 bridgehead atoms. The minimum Gasteiger partial charge on any atom is -0.398 e. The van der Waals surface area contributed by atoms with Crippen molar-refractivity contribution in [3.63, 3.8) is 0 Å². The monoisotopic (exact) mass is 288 g/mol. The molecule has 1 aromatic carbocycles. The van der Waals surface area contributed by atoms with Crippen molar-refractivity contribution in [1.82, 2.24) is 14.9 Å². The largest absolute Gasteiger partial charge is 0.398 e. The number of nitrogen functional groups attached to an aromatic ring is 1. The Labute approximate surface area is 123 Å². The number of halogens is 1. The van der Waals surface area contributed by atoms with Crippen molar-refractivity contribution in [1.29, 1.82) is 0 Å². The molecule has 0 fully saturated rings. The zero-order chi connectivity index (χ0) is 14.1. The quantitative estimate of drug-likeness (QED) is 0.682. The van der Waals surface area contributed by atoms with E-state index in [0.717, 1.165) is 36.7 Å². The van der Waals surface area contributed by atoms with Crippen LogP contribution in [-0.2, 0) is 19.5 Å². The maximum Gasteiger partial charge on any atom is 0.144 e. The van der Waals surface area contributed by atoms with Crippen LogP contribution in [0, 0.1) is 6.92 Å². The summed E-state index contributed by atoms with van der Waals surface area (Å²) >= 11 is 5.98. The summed E-state index contributed by atoms with van der Waals surface area (Å²) in [5.41, 5.74) is 10.4. The fourth-order valence-corrected chi connectivity index (χ4v) is 2.91. The van der Waals surface area contributed by atoms with Crippen LogP contribution < -0.4 is 5.73 Å². The van der Waals surface area contributed by atoms with Crippen molar-refractivity contribution in [2.45, 2.75) is 26.4 Å². The lowest BCUT2D eigenvalue weighted by Crippen LogP contribution is -2.31. The van der Waals surface area contributed by atoms with Gasteiger partial charge in [-0.3, -0.25) is 4.90 Å². The second-order valence-electron chi connectivity index (χ2n) is 5.19. The molecule has 1 aromatic heterocycles. The molecule has 2 aromatic rings. The molecular formula is C15H17ClN4. The van der Waals surface area contributed by atoms with Gasteiger partial charge in [0.1, 0.15) is 11.0 Å². The highest BCUT2D eigenvalue weighted by Crippen LogP contribution is 2.25. The Bertz CT molecular complexity index is 622. The van der Waals surface area contributed by atoms with E-state index in [2.05, 4.69) is 20.9 Å². The van der Waals surface area contributed by atoms with E-state index in [1.54, 1.807) is 6.07 Å². The third-order valence-corrected chi connectivity index (χ3v) is 3.82. The van der Waals surface area contributed by atoms with Gasteiger partial charge in [-0.2, -0.15) is 0 Å². The number of hydrogen-bond donors (Lipinski definition) is 1. The lowest BCUT2D eigenvalue weighted by molar-refractivity contribution is 0.240. The van der Waals surface area contributed by atoms with Crippen LogP contribution in [0.5, 0.6) is 0 Å². The second kappa shape index (κ2) is 5.38. The molecule has 0 saturated carbocycles. The van der Waals surface area contributed by atoms with Crippen molar-refractivity contribution < 1.29 is 0 Å². The van der Waals surface area contributed by atoms with Crippen LogP contribution in [0.1, 0.15) is 22.6 Å². The fraction of sp³-hybridized carbons (Fsp3) is 0.333. The van der Waals surface area contributed by atoms with Gasteiger partial charge in [0.2, 0.25) is 0 Å². The Kier molecular flexibility index (Phi) is 3.59. The molecule has 0 aliphatic carbocycles. The standard InChI is InChI=1S/C15H17ClN4/c1-10-7-14(16)19-15(18-10)9-20-6-5-11-3-2-4-13(17)12(11)8-20/h2-4,7H,5-6,8-9,17H2,1H3. The molecule has 0 unspecified atom stereocenters. The third kappa shape index (κ3) is 2.76. The van der Waals surface area contributed by atoms with E-state index in [9.17, 15) is 0 Å². The summed E-state index contributed by atoms with van der Waals surface area (Å²) in [6, 6.07) is 7.91. The van der Waals surface area contributed by atoms with Crippen LogP contribution in [0.25, 0.3) is 0 Å². The molecule has 0 saturated heterocycles. The summed E-state index contributed by atoms with van der Waals surface area (Å²) in [7, 11) is 0. The van der Waals surface area contributed by atoms with E-state index >= 15 is 0 Å². The van der Waals surface area contributed by atoms with Gasteiger partial charge in [0, 0.05) is 24.5 Å². The van der Waals surface area contributed by atoms with Gasteiger partial charge in [-0.25, -0.2) is 9.97 Å². The highest BCUT2D eigenvalue weighted by molar-refractivity contribution is 6.29. The maximum absolute atomic E-state index is 6.07. The average molecular weight is 289 g/mol. The van der Waals surface area contributed by atoms with Crippen LogP contribution >= 0.6 is 11.6 Å². The number of nitrogens with two attached hydrogens (primary N) is 1. The third-order valence-electron chi connectivity index (χ3n) is 3.62. The van der Waals surface area contributed by atoms with Crippen molar-refractivity contribution in [2.24, 2.45) is 0 Å². The normalized spacial score (nSPS) is 15.1. The van der Waals surface area contributed by atoms with Crippen LogP contribution in [0.4, 0.5) is 5.69 Å². The maximum atomic E-state index is 6.07. The van der Waals surface area contributed by atoms with Gasteiger partial charge in [0.15, 0.2) is 0 Å². The number of rotatable bonds is 2. The summed E-state index contributed by atoms with van der Waals surface area (Å²) in [4.78, 5) is 11.0. The number of fused-ring (bicyclic) bond motifs is 1. The van der Waals surface area contributed by atoms with Crippen molar-refractivity contribution in [3.8, 4) is 0 Å². The molecule has 5 heteroatoms. The molecule has 2 N–H and O–H groups in total. The van der Waals surface area contributed by atoms with Gasteiger partial charge >= 0.3 is 0 Å². The topological polar surface area (TPSA) is 55.0 Å². The average Bonchev–Trinajstić information content (AvgIpc) is 2.38. The van der Waals surface area contributed by atoms with Gasteiger partial charge in [0.25, 0.3) is 0 Å². The number of benzene rings is 1. The molecule has 1 aliphatic rings. The van der Waals surface area contributed by atoms with E-state index in [-0.39, 0.29) is 0 Å². The minimum atomic E-state index is 0.504. The Balaban J connectivity index is 1.79. The molecule has 1 aliphatic heterocycles. The van der Waals surface area contributed by atoms with Crippen molar-refractivity contribution in [2.75, 3.05) is 12.3 Å². The molecule has 0 atom stereocenters. The van der Waals surface area contributed by atoms with E-state index < -0.39 is 0 Å². The van der Waals surface area contributed by atoms with Crippen LogP contribution in [0.15, 0.2) is 24.3 Å². The first-order valence-electron chi connectivity index (χ1n) is 6.70. The van der Waals surface area contributed by atoms with Gasteiger partial charge in [0.05, 0.1) is 6.54 Å². The summed E-state index contributed by atoms with van der Waals surface area (Å²) in [5, 5.41) is 0.504. The van der Waals surface area contributed by atoms with Crippen molar-refractivity contribution in [3.05, 3.63) is 52.1 Å². The predicted octanol–water partition coefficient (Wildman–Crippen LogP) is 2.58. The highest BCUT2D eigenvalue weighted by Gasteiger charge is 2.19. The summed E-state index contributed by atoms with van der Waals surface area (Å²) in [6.45, 7) is 4.47. The van der Waals surface area contributed by atoms with Gasteiger partial charge < -0.3 is 5.73 Å². The van der Waals surface area contributed by atoms with Gasteiger partial charge in [-0.1, -0.05) is 23.7 Å². The van der Waals surface area contributed by atoms with E-state index in [4.69, 9.17) is 17.3 Å². The fourth-order valence-electron chi connectivity index (χ4n) is 2.66. The molecule has 104 valence electrons. The number of anilines is 1. The summed E-state index contributed by atoms with van der Waals surface area (Å²) in [6.07, 6.45) is 1.01. The first kappa shape index (κ1) is 13.3. The number of hydrogen-bond acceptors (Lipinski definition) is 4. The molecule has 4 nitrogen and oxygen atoms in total. The molecule has 20 heavy (non-hydrogen) atoms. The van der Waals surface area contributed by atoms with Crippen LogP contribution in [0.2, 0.25) is 5.15 Å². The van der Waals surface area contributed by atoms with E-state index in [1.807, 2.05) is 19.1 Å². The van der Waals surface area contributed by atoms with Gasteiger partial charge in [-0.05, 0) is 36.6 Å². The van der Waals surface area contributed by atoms with Crippen molar-refractivity contribution >= 4 is 17.3 Å². The summed E-state index contributed by atoms with van der Waals surface area (Å²) < 4.78 is 0.